The van der Waals surface area contributed by atoms with Gasteiger partial charge in [-0.2, -0.15) is 9.67 Å². The highest BCUT2D eigenvalue weighted by atomic mass is 19.1. The van der Waals surface area contributed by atoms with Crippen LogP contribution in [0, 0.1) is 12.7 Å². The third-order valence-electron chi connectivity index (χ3n) is 6.81. The molecule has 0 unspecified atom stereocenters. The Kier molecular flexibility index (Phi) is 5.96. The molecule has 0 spiro atoms. The van der Waals surface area contributed by atoms with Gasteiger partial charge in [0.05, 0.1) is 11.4 Å². The lowest BCUT2D eigenvalue weighted by Gasteiger charge is -2.29. The van der Waals surface area contributed by atoms with Crippen molar-refractivity contribution in [1.82, 2.24) is 14.7 Å². The molecular formula is C27H27FN4O3. The van der Waals surface area contributed by atoms with Crippen molar-refractivity contribution in [2.24, 2.45) is 0 Å². The minimum absolute atomic E-state index is 0.0892. The molecule has 0 saturated heterocycles. The van der Waals surface area contributed by atoms with E-state index in [0.717, 1.165) is 37.7 Å². The molecule has 1 aromatic carbocycles. The largest absolute Gasteiger partial charge is 0.858 e. The Labute approximate surface area is 203 Å². The molecule has 3 aromatic rings. The summed E-state index contributed by atoms with van der Waals surface area (Å²) >= 11 is 0. The third kappa shape index (κ3) is 3.92. The number of benzene rings is 1. The number of aromatic nitrogens is 3. The molecule has 1 aliphatic carbocycles. The highest BCUT2D eigenvalue weighted by molar-refractivity contribution is 6.45. The van der Waals surface area contributed by atoms with Crippen molar-refractivity contribution in [2.75, 3.05) is 0 Å². The molecule has 0 bridgehead atoms. The zero-order valence-corrected chi connectivity index (χ0v) is 19.8. The van der Waals surface area contributed by atoms with Crippen molar-refractivity contribution in [3.8, 4) is 11.6 Å². The SMILES string of the molecule is CCc1nn(-c2ccc(F)cc2)c([O-])c1C1=C([n+]2cccc(C)c2)C(=O)N(C2CCCCC2)C1=O. The Hall–Kier alpha value is -3.81. The number of pyridine rings is 1. The molecule has 0 atom stereocenters. The van der Waals surface area contributed by atoms with E-state index in [4.69, 9.17) is 0 Å². The Morgan fingerprint density at radius 3 is 2.46 bits per heavy atom. The molecule has 2 amide bonds. The summed E-state index contributed by atoms with van der Waals surface area (Å²) in [6.45, 7) is 3.75. The summed E-state index contributed by atoms with van der Waals surface area (Å²) in [7, 11) is 0. The van der Waals surface area contributed by atoms with Crippen LogP contribution in [-0.2, 0) is 16.0 Å². The molecular weight excluding hydrogens is 447 g/mol. The van der Waals surface area contributed by atoms with Gasteiger partial charge in [0.2, 0.25) is 0 Å². The number of halogens is 1. The van der Waals surface area contributed by atoms with E-state index >= 15 is 0 Å². The number of hydrogen-bond donors (Lipinski definition) is 0. The fourth-order valence-corrected chi connectivity index (χ4v) is 5.10. The average Bonchev–Trinajstić information content (AvgIpc) is 3.32. The van der Waals surface area contributed by atoms with E-state index in [2.05, 4.69) is 5.10 Å². The summed E-state index contributed by atoms with van der Waals surface area (Å²) in [5.74, 6) is -1.76. The number of carbonyl (C=O) groups is 2. The van der Waals surface area contributed by atoms with Crippen molar-refractivity contribution in [1.29, 1.82) is 0 Å². The Bertz CT molecular complexity index is 1340. The summed E-state index contributed by atoms with van der Waals surface area (Å²) in [5.41, 5.74) is 2.13. The van der Waals surface area contributed by atoms with Gasteiger partial charge in [-0.15, -0.1) is 0 Å². The zero-order valence-electron chi connectivity index (χ0n) is 19.8. The minimum Gasteiger partial charge on any atom is -0.858 e. The zero-order chi connectivity index (χ0) is 24.7. The molecule has 8 heteroatoms. The van der Waals surface area contributed by atoms with Crippen LogP contribution in [0.4, 0.5) is 4.39 Å². The maximum absolute atomic E-state index is 13.9. The normalized spacial score (nSPS) is 17.1. The molecule has 1 saturated carbocycles. The van der Waals surface area contributed by atoms with Gasteiger partial charge in [0.25, 0.3) is 11.6 Å². The van der Waals surface area contributed by atoms with Crippen LogP contribution >= 0.6 is 0 Å². The maximum Gasteiger partial charge on any atom is 0.327 e. The molecule has 7 nitrogen and oxygen atoms in total. The van der Waals surface area contributed by atoms with Crippen molar-refractivity contribution in [2.45, 2.75) is 58.4 Å². The summed E-state index contributed by atoms with van der Waals surface area (Å²) in [6, 6.07) is 8.96. The van der Waals surface area contributed by atoms with Crippen LogP contribution in [0.5, 0.6) is 5.88 Å². The fourth-order valence-electron chi connectivity index (χ4n) is 5.10. The van der Waals surface area contributed by atoms with Crippen molar-refractivity contribution >= 4 is 23.1 Å². The first-order valence-corrected chi connectivity index (χ1v) is 12.1. The molecule has 180 valence electrons. The molecule has 3 heterocycles. The first-order chi connectivity index (χ1) is 16.9. The number of carbonyl (C=O) groups excluding carboxylic acids is 2. The molecule has 1 fully saturated rings. The predicted molar refractivity (Wildman–Crippen MR) is 126 cm³/mol. The molecule has 0 N–H and O–H groups in total. The van der Waals surface area contributed by atoms with E-state index in [-0.39, 0.29) is 28.8 Å². The topological polar surface area (TPSA) is 82.1 Å². The smallest absolute Gasteiger partial charge is 0.327 e. The molecule has 2 aromatic heterocycles. The highest BCUT2D eigenvalue weighted by Crippen LogP contribution is 2.39. The number of aryl methyl sites for hydroxylation is 2. The molecule has 0 radical (unpaired) electrons. The van der Waals surface area contributed by atoms with Crippen molar-refractivity contribution in [3.63, 3.8) is 0 Å². The van der Waals surface area contributed by atoms with E-state index in [9.17, 15) is 19.1 Å². The quantitative estimate of drug-likeness (QED) is 0.420. The lowest BCUT2D eigenvalue weighted by Crippen LogP contribution is -2.45. The van der Waals surface area contributed by atoms with E-state index < -0.39 is 17.6 Å². The number of rotatable bonds is 5. The summed E-state index contributed by atoms with van der Waals surface area (Å²) in [5, 5.41) is 18.2. The van der Waals surface area contributed by atoms with Gasteiger partial charge in [-0.25, -0.2) is 9.07 Å². The van der Waals surface area contributed by atoms with Gasteiger partial charge >= 0.3 is 5.91 Å². The van der Waals surface area contributed by atoms with Gasteiger partial charge in [0.15, 0.2) is 12.4 Å². The lowest BCUT2D eigenvalue weighted by molar-refractivity contribution is -0.577. The van der Waals surface area contributed by atoms with E-state index in [1.54, 1.807) is 17.0 Å². The first kappa shape index (κ1) is 23.0. The monoisotopic (exact) mass is 474 g/mol. The van der Waals surface area contributed by atoms with Crippen LogP contribution in [0.25, 0.3) is 17.0 Å². The average molecular weight is 475 g/mol. The molecule has 2 aliphatic rings. The first-order valence-electron chi connectivity index (χ1n) is 12.1. The van der Waals surface area contributed by atoms with Crippen LogP contribution in [-0.4, -0.2) is 32.5 Å². The maximum atomic E-state index is 13.9. The van der Waals surface area contributed by atoms with Gasteiger partial charge in [-0.3, -0.25) is 14.5 Å². The Morgan fingerprint density at radius 2 is 1.80 bits per heavy atom. The van der Waals surface area contributed by atoms with Crippen LogP contribution in [0.3, 0.4) is 0 Å². The molecule has 1 aliphatic heterocycles. The van der Waals surface area contributed by atoms with E-state index in [1.807, 2.05) is 26.0 Å². The number of nitrogens with zero attached hydrogens (tertiary/aromatic N) is 4. The number of imide groups is 1. The fraction of sp³-hybridized carbons (Fsp3) is 0.333. The summed E-state index contributed by atoms with van der Waals surface area (Å²) < 4.78 is 16.3. The highest BCUT2D eigenvalue weighted by Gasteiger charge is 2.49. The van der Waals surface area contributed by atoms with E-state index in [1.165, 1.54) is 33.8 Å². The van der Waals surface area contributed by atoms with Gasteiger partial charge in [0, 0.05) is 23.2 Å². The van der Waals surface area contributed by atoms with E-state index in [0.29, 0.717) is 17.8 Å². The van der Waals surface area contributed by atoms with Gasteiger partial charge in [-0.1, -0.05) is 26.2 Å². The summed E-state index contributed by atoms with van der Waals surface area (Å²) in [6.07, 6.45) is 8.41. The second-order valence-corrected chi connectivity index (χ2v) is 9.15. The summed E-state index contributed by atoms with van der Waals surface area (Å²) in [4.78, 5) is 29.0. The van der Waals surface area contributed by atoms with Crippen LogP contribution in [0.2, 0.25) is 0 Å². The number of amides is 2. The van der Waals surface area contributed by atoms with Gasteiger partial charge in [0.1, 0.15) is 11.4 Å². The second-order valence-electron chi connectivity index (χ2n) is 9.15. The van der Waals surface area contributed by atoms with Gasteiger partial charge in [-0.05, 0) is 62.4 Å². The van der Waals surface area contributed by atoms with Crippen molar-refractivity contribution < 1.29 is 23.7 Å². The van der Waals surface area contributed by atoms with Crippen LogP contribution in [0.1, 0.15) is 55.8 Å². The molecule has 5 rings (SSSR count). The third-order valence-corrected chi connectivity index (χ3v) is 6.81. The van der Waals surface area contributed by atoms with Crippen LogP contribution < -0.4 is 9.67 Å². The standard InChI is InChI=1S/C27H27FN4O3/c1-3-21-22(26(34)32(29-21)20-13-11-18(28)12-14-20)23-24(30-15-7-8-17(2)16-30)27(35)31(25(23)33)19-9-5-4-6-10-19/h7-8,11-16,19H,3-6,9-10H2,1-2H3. The molecule has 35 heavy (non-hydrogen) atoms. The second kappa shape index (κ2) is 9.09. The van der Waals surface area contributed by atoms with Crippen molar-refractivity contribution in [3.05, 3.63) is 71.4 Å². The van der Waals surface area contributed by atoms with Gasteiger partial charge < -0.3 is 5.11 Å². The number of hydrogen-bond acceptors (Lipinski definition) is 4. The van der Waals surface area contributed by atoms with Crippen LogP contribution in [0.15, 0.2) is 48.8 Å². The lowest BCUT2D eigenvalue weighted by atomic mass is 9.94. The Balaban J connectivity index is 1.72. The minimum atomic E-state index is -0.499. The Morgan fingerprint density at radius 1 is 1.09 bits per heavy atom. The predicted octanol–water partition coefficient (Wildman–Crippen LogP) is 3.31.